The fourth-order valence-electron chi connectivity index (χ4n) is 2.02. The van der Waals surface area contributed by atoms with Crippen LogP contribution in [0.2, 0.25) is 5.02 Å². The maximum Gasteiger partial charge on any atom is 0.240 e. The number of carbonyl (C=O) groups is 2. The number of hydrogen-bond donors (Lipinski definition) is 3. The summed E-state index contributed by atoms with van der Waals surface area (Å²) in [6, 6.07) is 8.51. The molecule has 0 saturated carbocycles. The number of anilines is 1. The van der Waals surface area contributed by atoms with Crippen molar-refractivity contribution < 1.29 is 14.7 Å². The molecule has 9 heteroatoms. The van der Waals surface area contributed by atoms with Gasteiger partial charge >= 0.3 is 0 Å². The third-order valence-corrected chi connectivity index (χ3v) is 5.09. The van der Waals surface area contributed by atoms with Crippen molar-refractivity contribution in [3.8, 4) is 5.75 Å². The van der Waals surface area contributed by atoms with Crippen molar-refractivity contribution in [1.82, 2.24) is 5.43 Å². The van der Waals surface area contributed by atoms with Gasteiger partial charge in [0.25, 0.3) is 0 Å². The minimum absolute atomic E-state index is 0.00820. The van der Waals surface area contributed by atoms with Gasteiger partial charge in [-0.2, -0.15) is 5.10 Å². The van der Waals surface area contributed by atoms with E-state index in [1.807, 2.05) is 6.92 Å². The van der Waals surface area contributed by atoms with Gasteiger partial charge in [-0.15, -0.1) is 0 Å². The summed E-state index contributed by atoms with van der Waals surface area (Å²) >= 11 is 12.4. The molecule has 0 aliphatic rings. The summed E-state index contributed by atoms with van der Waals surface area (Å²) in [5.74, 6) is -0.599. The number of hydrazone groups is 1. The van der Waals surface area contributed by atoms with E-state index in [2.05, 4.69) is 47.7 Å². The normalized spacial score (nSPS) is 10.8. The van der Waals surface area contributed by atoms with Crippen LogP contribution < -0.4 is 10.7 Å². The van der Waals surface area contributed by atoms with Crippen LogP contribution in [0.4, 0.5) is 5.69 Å². The van der Waals surface area contributed by atoms with E-state index >= 15 is 0 Å². The van der Waals surface area contributed by atoms with E-state index in [9.17, 15) is 14.7 Å². The van der Waals surface area contributed by atoms with Crippen molar-refractivity contribution in [3.05, 3.63) is 55.4 Å². The van der Waals surface area contributed by atoms with Crippen LogP contribution in [0.25, 0.3) is 0 Å². The lowest BCUT2D eigenvalue weighted by Gasteiger charge is -2.06. The van der Waals surface area contributed by atoms with Crippen LogP contribution in [0, 0.1) is 6.92 Å². The highest BCUT2D eigenvalue weighted by Gasteiger charge is 2.08. The monoisotopic (exact) mass is 515 g/mol. The van der Waals surface area contributed by atoms with Gasteiger partial charge in [0, 0.05) is 23.6 Å². The summed E-state index contributed by atoms with van der Waals surface area (Å²) in [7, 11) is 0. The predicted octanol–water partition coefficient (Wildman–Crippen LogP) is 4.75. The molecule has 0 saturated heterocycles. The Bertz CT molecular complexity index is 880. The third kappa shape index (κ3) is 6.64. The fraction of sp³-hybridized carbons (Fsp3) is 0.167. The molecule has 0 aliphatic heterocycles. The Morgan fingerprint density at radius 2 is 1.78 bits per heavy atom. The Hall–Kier alpha value is -1.90. The Morgan fingerprint density at radius 3 is 2.41 bits per heavy atom. The summed E-state index contributed by atoms with van der Waals surface area (Å²) in [6.07, 6.45) is 1.44. The first-order valence-corrected chi connectivity index (χ1v) is 9.78. The van der Waals surface area contributed by atoms with Gasteiger partial charge in [0.15, 0.2) is 0 Å². The van der Waals surface area contributed by atoms with E-state index in [4.69, 9.17) is 11.6 Å². The Labute approximate surface area is 178 Å². The van der Waals surface area contributed by atoms with Gasteiger partial charge in [-0.05, 0) is 74.2 Å². The van der Waals surface area contributed by atoms with Crippen LogP contribution in [-0.2, 0) is 9.59 Å². The second kappa shape index (κ2) is 9.87. The molecule has 0 heterocycles. The van der Waals surface area contributed by atoms with E-state index in [-0.39, 0.29) is 30.4 Å². The number of phenols is 1. The predicted molar refractivity (Wildman–Crippen MR) is 113 cm³/mol. The molecule has 0 fully saturated rings. The zero-order valence-corrected chi connectivity index (χ0v) is 18.2. The molecule has 0 radical (unpaired) electrons. The smallest absolute Gasteiger partial charge is 0.240 e. The first kappa shape index (κ1) is 21.4. The van der Waals surface area contributed by atoms with E-state index in [1.165, 1.54) is 6.21 Å². The molecule has 3 N–H and O–H groups in total. The maximum atomic E-state index is 11.9. The summed E-state index contributed by atoms with van der Waals surface area (Å²) in [6.45, 7) is 1.87. The van der Waals surface area contributed by atoms with Crippen molar-refractivity contribution in [2.75, 3.05) is 5.32 Å². The largest absolute Gasteiger partial charge is 0.506 e. The van der Waals surface area contributed by atoms with E-state index < -0.39 is 0 Å². The highest BCUT2D eigenvalue weighted by Crippen LogP contribution is 2.32. The average Bonchev–Trinajstić information content (AvgIpc) is 2.61. The number of carbonyl (C=O) groups excluding carboxylic acids is 2. The zero-order valence-electron chi connectivity index (χ0n) is 14.2. The molecular formula is C18H16Br2ClN3O3. The Balaban J connectivity index is 1.80. The molecule has 2 amide bonds. The van der Waals surface area contributed by atoms with E-state index in [0.717, 1.165) is 5.56 Å². The number of halogens is 3. The molecule has 0 aromatic heterocycles. The molecule has 2 rings (SSSR count). The minimum Gasteiger partial charge on any atom is -0.506 e. The molecule has 142 valence electrons. The summed E-state index contributed by atoms with van der Waals surface area (Å²) < 4.78 is 0.995. The fourth-order valence-corrected chi connectivity index (χ4v) is 3.42. The number of aryl methyl sites for hydroxylation is 1. The molecule has 0 bridgehead atoms. The second-order valence-corrected chi connectivity index (χ2v) is 7.75. The number of nitrogens with zero attached hydrogens (tertiary/aromatic N) is 1. The van der Waals surface area contributed by atoms with Gasteiger partial charge < -0.3 is 10.4 Å². The minimum atomic E-state index is -0.389. The lowest BCUT2D eigenvalue weighted by atomic mass is 10.2. The van der Waals surface area contributed by atoms with Crippen LogP contribution in [0.1, 0.15) is 24.0 Å². The lowest BCUT2D eigenvalue weighted by molar-refractivity contribution is -0.124. The van der Waals surface area contributed by atoms with Gasteiger partial charge in [-0.1, -0.05) is 17.7 Å². The quantitative estimate of drug-likeness (QED) is 0.382. The summed E-state index contributed by atoms with van der Waals surface area (Å²) in [4.78, 5) is 23.7. The van der Waals surface area contributed by atoms with Crippen molar-refractivity contribution in [1.29, 1.82) is 0 Å². The lowest BCUT2D eigenvalue weighted by Crippen LogP contribution is -2.20. The van der Waals surface area contributed by atoms with Crippen molar-refractivity contribution in [2.24, 2.45) is 5.10 Å². The number of hydrogen-bond acceptors (Lipinski definition) is 4. The Kier molecular flexibility index (Phi) is 7.82. The second-order valence-electron chi connectivity index (χ2n) is 5.64. The molecule has 27 heavy (non-hydrogen) atoms. The third-order valence-electron chi connectivity index (χ3n) is 3.48. The molecule has 0 atom stereocenters. The highest BCUT2D eigenvalue weighted by atomic mass is 79.9. The number of nitrogens with one attached hydrogen (secondary N) is 2. The van der Waals surface area contributed by atoms with Gasteiger partial charge in [-0.25, -0.2) is 5.43 Å². The summed E-state index contributed by atoms with van der Waals surface area (Å²) in [5, 5.41) is 16.7. The van der Waals surface area contributed by atoms with Crippen LogP contribution in [0.15, 0.2) is 44.4 Å². The number of benzene rings is 2. The molecule has 0 aliphatic carbocycles. The molecule has 2 aromatic carbocycles. The molecule has 0 spiro atoms. The molecular weight excluding hydrogens is 501 g/mol. The number of aromatic hydroxyl groups is 1. The number of rotatable bonds is 6. The molecule has 2 aromatic rings. The first-order chi connectivity index (χ1) is 12.8. The SMILES string of the molecule is Cc1ccc(NC(=O)CCC(=O)NN=Cc2cc(Br)c(O)c(Br)c2)cc1Cl. The van der Waals surface area contributed by atoms with E-state index in [1.54, 1.807) is 30.3 Å². The van der Waals surface area contributed by atoms with Gasteiger partial charge in [0.05, 0.1) is 15.2 Å². The highest BCUT2D eigenvalue weighted by molar-refractivity contribution is 9.11. The van der Waals surface area contributed by atoms with Crippen molar-refractivity contribution in [3.63, 3.8) is 0 Å². The van der Waals surface area contributed by atoms with E-state index in [0.29, 0.717) is 25.2 Å². The van der Waals surface area contributed by atoms with Gasteiger partial charge in [0.1, 0.15) is 5.75 Å². The maximum absolute atomic E-state index is 11.9. The average molecular weight is 518 g/mol. The standard InChI is InChI=1S/C18H16Br2ClN3O3/c1-10-2-3-12(8-15(10)21)23-16(25)4-5-17(26)24-22-9-11-6-13(19)18(27)14(20)7-11/h2-3,6-9,27H,4-5H2,1H3,(H,23,25)(H,24,26). The van der Waals surface area contributed by atoms with Crippen molar-refractivity contribution >= 4 is 67.2 Å². The number of amides is 2. The molecule has 6 nitrogen and oxygen atoms in total. The van der Waals surface area contributed by atoms with Crippen LogP contribution in [0.5, 0.6) is 5.75 Å². The summed E-state index contributed by atoms with van der Waals surface area (Å²) in [5.41, 5.74) is 4.52. The van der Waals surface area contributed by atoms with Crippen LogP contribution in [-0.4, -0.2) is 23.1 Å². The molecule has 0 unspecified atom stereocenters. The Morgan fingerprint density at radius 1 is 1.15 bits per heavy atom. The first-order valence-electron chi connectivity index (χ1n) is 7.82. The van der Waals surface area contributed by atoms with Gasteiger partial charge in [-0.3, -0.25) is 9.59 Å². The number of phenolic OH excluding ortho intramolecular Hbond substituents is 1. The topological polar surface area (TPSA) is 90.8 Å². The van der Waals surface area contributed by atoms with Crippen molar-refractivity contribution in [2.45, 2.75) is 19.8 Å². The van der Waals surface area contributed by atoms with Gasteiger partial charge in [0.2, 0.25) is 11.8 Å². The van der Waals surface area contributed by atoms with Crippen LogP contribution in [0.3, 0.4) is 0 Å². The van der Waals surface area contributed by atoms with Crippen LogP contribution >= 0.6 is 43.5 Å². The zero-order chi connectivity index (χ0) is 20.0.